The Morgan fingerprint density at radius 2 is 0.803 bits per heavy atom. The van der Waals surface area contributed by atoms with E-state index in [0.717, 1.165) is 27.8 Å². The molecular weight excluding hydrogens is 739 g/mol. The van der Waals surface area contributed by atoms with Crippen molar-refractivity contribution >= 4 is 32.3 Å². The first kappa shape index (κ1) is 35.0. The van der Waals surface area contributed by atoms with Crippen molar-refractivity contribution in [3.63, 3.8) is 0 Å². The Morgan fingerprint density at radius 3 is 1.52 bits per heavy atom. The molecule has 0 bridgehead atoms. The fraction of sp³-hybridized carbons (Fsp3) is 0.0172. The van der Waals surface area contributed by atoms with E-state index in [4.69, 9.17) is 15.0 Å². The summed E-state index contributed by atoms with van der Waals surface area (Å²) >= 11 is 0. The van der Waals surface area contributed by atoms with Gasteiger partial charge in [-0.3, -0.25) is 0 Å². The van der Waals surface area contributed by atoms with Crippen LogP contribution in [0.2, 0.25) is 0 Å². The maximum absolute atomic E-state index is 5.36. The lowest BCUT2D eigenvalue weighted by molar-refractivity contribution is 0.768. The lowest BCUT2D eigenvalue weighted by atomic mass is 9.67. The molecular formula is C58H37N3. The molecule has 0 saturated carbocycles. The van der Waals surface area contributed by atoms with Crippen LogP contribution in [0.4, 0.5) is 0 Å². The normalized spacial score (nSPS) is 12.7. The Hall–Kier alpha value is -8.01. The summed E-state index contributed by atoms with van der Waals surface area (Å²) in [7, 11) is 0. The van der Waals surface area contributed by atoms with Crippen molar-refractivity contribution in [2.75, 3.05) is 0 Å². The number of nitrogens with zero attached hydrogens (tertiary/aromatic N) is 3. The van der Waals surface area contributed by atoms with Crippen molar-refractivity contribution < 1.29 is 0 Å². The van der Waals surface area contributed by atoms with E-state index in [-0.39, 0.29) is 0 Å². The Labute approximate surface area is 354 Å². The van der Waals surface area contributed by atoms with Crippen LogP contribution in [0, 0.1) is 0 Å². The van der Waals surface area contributed by atoms with Crippen LogP contribution in [0.25, 0.3) is 88.7 Å². The van der Waals surface area contributed by atoms with E-state index < -0.39 is 5.41 Å². The van der Waals surface area contributed by atoms with Crippen LogP contribution in [-0.2, 0) is 5.41 Å². The molecule has 0 saturated heterocycles. The summed E-state index contributed by atoms with van der Waals surface area (Å²) in [6.07, 6.45) is 0. The van der Waals surface area contributed by atoms with Crippen LogP contribution in [-0.4, -0.2) is 15.0 Å². The fourth-order valence-electron chi connectivity index (χ4n) is 9.94. The third-order valence-electron chi connectivity index (χ3n) is 12.6. The molecule has 284 valence electrons. The van der Waals surface area contributed by atoms with Crippen LogP contribution in [0.1, 0.15) is 22.3 Å². The predicted molar refractivity (Wildman–Crippen MR) is 251 cm³/mol. The minimum Gasteiger partial charge on any atom is -0.208 e. The van der Waals surface area contributed by atoms with Gasteiger partial charge in [0.2, 0.25) is 0 Å². The molecule has 0 fully saturated rings. The van der Waals surface area contributed by atoms with Gasteiger partial charge < -0.3 is 0 Å². The van der Waals surface area contributed by atoms with Gasteiger partial charge in [0.1, 0.15) is 0 Å². The Morgan fingerprint density at radius 1 is 0.279 bits per heavy atom. The molecule has 3 nitrogen and oxygen atoms in total. The maximum atomic E-state index is 5.36. The maximum Gasteiger partial charge on any atom is 0.164 e. The van der Waals surface area contributed by atoms with E-state index in [1.165, 1.54) is 65.7 Å². The largest absolute Gasteiger partial charge is 0.208 e. The van der Waals surface area contributed by atoms with Crippen molar-refractivity contribution in [1.29, 1.82) is 0 Å². The second-order valence-corrected chi connectivity index (χ2v) is 15.9. The van der Waals surface area contributed by atoms with E-state index in [0.29, 0.717) is 17.5 Å². The molecule has 0 aliphatic heterocycles. The lowest BCUT2D eigenvalue weighted by Gasteiger charge is -2.33. The summed E-state index contributed by atoms with van der Waals surface area (Å²) in [4.78, 5) is 15.8. The smallest absolute Gasteiger partial charge is 0.164 e. The molecule has 10 aromatic carbocycles. The van der Waals surface area contributed by atoms with Crippen molar-refractivity contribution in [3.05, 3.63) is 247 Å². The van der Waals surface area contributed by atoms with Gasteiger partial charge in [-0.15, -0.1) is 0 Å². The SMILES string of the molecule is c1ccc(-c2nc(-c3ccc(-c4c5ccccc5cc5c4ccc4ccccc45)cc3)nc(-c3cccc4c3-c3ccccc3C4(c3ccccc3)c3ccccc3)n2)cc1. The fourth-order valence-corrected chi connectivity index (χ4v) is 9.94. The quantitative estimate of drug-likeness (QED) is 0.125. The highest BCUT2D eigenvalue weighted by Crippen LogP contribution is 2.58. The zero-order chi connectivity index (χ0) is 40.3. The van der Waals surface area contributed by atoms with E-state index in [1.807, 2.05) is 18.2 Å². The predicted octanol–water partition coefficient (Wildman–Crippen LogP) is 14.4. The highest BCUT2D eigenvalue weighted by Gasteiger charge is 2.47. The van der Waals surface area contributed by atoms with E-state index >= 15 is 0 Å². The van der Waals surface area contributed by atoms with Gasteiger partial charge in [-0.1, -0.05) is 218 Å². The second kappa shape index (κ2) is 14.1. The van der Waals surface area contributed by atoms with Gasteiger partial charge in [0.05, 0.1) is 5.41 Å². The molecule has 0 atom stereocenters. The molecule has 0 amide bonds. The minimum atomic E-state index is -0.531. The molecule has 11 aromatic rings. The summed E-state index contributed by atoms with van der Waals surface area (Å²) in [6, 6.07) is 80.5. The number of rotatable bonds is 6. The van der Waals surface area contributed by atoms with Crippen LogP contribution >= 0.6 is 0 Å². The van der Waals surface area contributed by atoms with Gasteiger partial charge in [-0.05, 0) is 82.9 Å². The third kappa shape index (κ3) is 5.48. The van der Waals surface area contributed by atoms with Gasteiger partial charge in [0, 0.05) is 16.7 Å². The lowest BCUT2D eigenvalue weighted by Crippen LogP contribution is -2.28. The molecule has 0 N–H and O–H groups in total. The van der Waals surface area contributed by atoms with E-state index in [1.54, 1.807) is 0 Å². The molecule has 61 heavy (non-hydrogen) atoms. The average Bonchev–Trinajstić information content (AvgIpc) is 3.65. The number of aromatic nitrogens is 3. The molecule has 0 spiro atoms. The zero-order valence-corrected chi connectivity index (χ0v) is 33.2. The molecule has 1 aliphatic rings. The summed E-state index contributed by atoms with van der Waals surface area (Å²) in [5.41, 5.74) is 11.9. The van der Waals surface area contributed by atoms with Crippen LogP contribution < -0.4 is 0 Å². The zero-order valence-electron chi connectivity index (χ0n) is 33.2. The highest BCUT2D eigenvalue weighted by atomic mass is 15.0. The molecule has 12 rings (SSSR count). The second-order valence-electron chi connectivity index (χ2n) is 15.9. The van der Waals surface area contributed by atoms with Gasteiger partial charge in [-0.25, -0.2) is 15.0 Å². The minimum absolute atomic E-state index is 0.531. The average molecular weight is 776 g/mol. The highest BCUT2D eigenvalue weighted by molar-refractivity contribution is 6.20. The van der Waals surface area contributed by atoms with Gasteiger partial charge in [0.25, 0.3) is 0 Å². The van der Waals surface area contributed by atoms with Gasteiger partial charge in [-0.2, -0.15) is 0 Å². The number of hydrogen-bond acceptors (Lipinski definition) is 3. The van der Waals surface area contributed by atoms with Gasteiger partial charge in [0.15, 0.2) is 17.5 Å². The van der Waals surface area contributed by atoms with E-state index in [2.05, 4.69) is 206 Å². The van der Waals surface area contributed by atoms with Crippen molar-refractivity contribution in [3.8, 4) is 56.4 Å². The molecule has 1 aliphatic carbocycles. The first-order valence-corrected chi connectivity index (χ1v) is 20.9. The van der Waals surface area contributed by atoms with Crippen LogP contribution in [0.5, 0.6) is 0 Å². The monoisotopic (exact) mass is 775 g/mol. The third-order valence-corrected chi connectivity index (χ3v) is 12.6. The van der Waals surface area contributed by atoms with Crippen molar-refractivity contribution in [2.45, 2.75) is 5.41 Å². The number of hydrogen-bond donors (Lipinski definition) is 0. The first-order chi connectivity index (χ1) is 30.3. The summed E-state index contributed by atoms with van der Waals surface area (Å²) < 4.78 is 0. The topological polar surface area (TPSA) is 38.7 Å². The summed E-state index contributed by atoms with van der Waals surface area (Å²) in [6.45, 7) is 0. The molecule has 0 radical (unpaired) electrons. The molecule has 1 aromatic heterocycles. The molecule has 1 heterocycles. The Bertz CT molecular complexity index is 3410. The number of fused-ring (bicyclic) bond motifs is 7. The summed E-state index contributed by atoms with van der Waals surface area (Å²) in [5.74, 6) is 1.91. The molecule has 0 unspecified atom stereocenters. The van der Waals surface area contributed by atoms with Gasteiger partial charge >= 0.3 is 0 Å². The Balaban J connectivity index is 1.06. The van der Waals surface area contributed by atoms with Crippen molar-refractivity contribution in [1.82, 2.24) is 15.0 Å². The van der Waals surface area contributed by atoms with Crippen LogP contribution in [0.15, 0.2) is 224 Å². The van der Waals surface area contributed by atoms with Crippen molar-refractivity contribution in [2.24, 2.45) is 0 Å². The molecule has 3 heteroatoms. The first-order valence-electron chi connectivity index (χ1n) is 20.9. The van der Waals surface area contributed by atoms with Crippen LogP contribution in [0.3, 0.4) is 0 Å². The summed E-state index contributed by atoms with van der Waals surface area (Å²) in [5, 5.41) is 7.44. The Kier molecular flexibility index (Phi) is 8.07. The standard InChI is InChI=1S/C58H37N3/c1-4-18-40(19-5-1)55-59-56(41-33-31-39(32-34-41)53-46-26-13-11-20-42(46)37-50-45-25-12-10-17-38(45)35-36-47(50)53)61-57(60-55)49-28-16-30-52-54(49)48-27-14-15-29-51(48)58(52,43-21-6-2-7-22-43)44-23-8-3-9-24-44/h1-37H. The number of benzene rings is 10. The van der Waals surface area contributed by atoms with E-state index in [9.17, 15) is 0 Å².